The number of carbonyl (C=O) groups is 1. The molecule has 2 aliphatic rings. The van der Waals surface area contributed by atoms with Gasteiger partial charge in [0, 0.05) is 19.0 Å². The predicted octanol–water partition coefficient (Wildman–Crippen LogP) is 3.22. The average molecular weight is 345 g/mol. The van der Waals surface area contributed by atoms with Crippen LogP contribution in [0.25, 0.3) is 0 Å². The van der Waals surface area contributed by atoms with E-state index in [4.69, 9.17) is 4.42 Å². The number of carbonyl (C=O) groups excluding carboxylic acids is 1. The molecule has 0 aromatic carbocycles. The highest BCUT2D eigenvalue weighted by Crippen LogP contribution is 2.32. The summed E-state index contributed by atoms with van der Waals surface area (Å²) in [5.74, 6) is 1.74. The summed E-state index contributed by atoms with van der Waals surface area (Å²) in [6.07, 6.45) is 5.51. The molecule has 128 valence electrons. The maximum absolute atomic E-state index is 12.9. The molecule has 2 aromatic rings. The lowest BCUT2D eigenvalue weighted by molar-refractivity contribution is 0.0704. The fraction of sp³-hybridized carbons (Fsp3) is 0.556. The summed E-state index contributed by atoms with van der Waals surface area (Å²) < 4.78 is 5.61. The predicted molar refractivity (Wildman–Crippen MR) is 93.5 cm³/mol. The van der Waals surface area contributed by atoms with Crippen LogP contribution in [0.2, 0.25) is 0 Å². The van der Waals surface area contributed by atoms with E-state index in [0.717, 1.165) is 57.6 Å². The van der Waals surface area contributed by atoms with Gasteiger partial charge in [-0.15, -0.1) is 0 Å². The molecule has 1 N–H and O–H groups in total. The van der Waals surface area contributed by atoms with Crippen LogP contribution in [0.4, 0.5) is 0 Å². The molecule has 0 spiro atoms. The van der Waals surface area contributed by atoms with Gasteiger partial charge in [0.25, 0.3) is 5.91 Å². The van der Waals surface area contributed by atoms with Crippen molar-refractivity contribution in [3.05, 3.63) is 40.2 Å². The van der Waals surface area contributed by atoms with Crippen molar-refractivity contribution in [1.29, 1.82) is 0 Å². The number of thiophene rings is 1. The van der Waals surface area contributed by atoms with Crippen molar-refractivity contribution in [3.8, 4) is 0 Å². The number of nitrogens with zero attached hydrogens (tertiary/aromatic N) is 2. The number of aromatic nitrogens is 1. The Hall–Kier alpha value is -1.66. The molecule has 4 rings (SSSR count). The van der Waals surface area contributed by atoms with Gasteiger partial charge in [-0.2, -0.15) is 11.3 Å². The van der Waals surface area contributed by atoms with Gasteiger partial charge >= 0.3 is 0 Å². The number of rotatable bonds is 3. The zero-order valence-electron chi connectivity index (χ0n) is 13.7. The Kier molecular flexibility index (Phi) is 4.67. The van der Waals surface area contributed by atoms with Gasteiger partial charge in [-0.3, -0.25) is 4.79 Å². The Bertz CT molecular complexity index is 668. The topological polar surface area (TPSA) is 58.4 Å². The molecule has 24 heavy (non-hydrogen) atoms. The molecule has 2 fully saturated rings. The van der Waals surface area contributed by atoms with Crippen molar-refractivity contribution < 1.29 is 9.21 Å². The molecule has 0 unspecified atom stereocenters. The van der Waals surface area contributed by atoms with Crippen LogP contribution in [0.3, 0.4) is 0 Å². The molecule has 0 radical (unpaired) electrons. The van der Waals surface area contributed by atoms with E-state index in [9.17, 15) is 4.79 Å². The summed E-state index contributed by atoms with van der Waals surface area (Å²) in [5, 5.41) is 7.71. The summed E-state index contributed by atoms with van der Waals surface area (Å²) in [4.78, 5) is 19.1. The molecule has 0 bridgehead atoms. The van der Waals surface area contributed by atoms with Crippen LogP contribution < -0.4 is 5.32 Å². The average Bonchev–Trinajstić information content (AvgIpc) is 3.34. The van der Waals surface area contributed by atoms with Crippen LogP contribution in [0.15, 0.2) is 27.6 Å². The Morgan fingerprint density at radius 2 is 2.00 bits per heavy atom. The van der Waals surface area contributed by atoms with Crippen LogP contribution >= 0.6 is 11.3 Å². The lowest BCUT2D eigenvalue weighted by Gasteiger charge is -2.31. The summed E-state index contributed by atoms with van der Waals surface area (Å²) in [7, 11) is 0. The van der Waals surface area contributed by atoms with E-state index < -0.39 is 0 Å². The molecule has 2 aromatic heterocycles. The third kappa shape index (κ3) is 3.13. The standard InChI is InChI=1S/C18H23N3O2S/c22-18(16-17(23-12-20-16)14-1-6-19-7-2-14)21-8-3-13(4-9-21)15-5-10-24-11-15/h5,10-14,19H,1-4,6-9H2. The minimum atomic E-state index is 0.0426. The third-order valence-electron chi connectivity index (χ3n) is 5.30. The molecule has 0 saturated carbocycles. The summed E-state index contributed by atoms with van der Waals surface area (Å²) >= 11 is 1.75. The molecule has 2 aliphatic heterocycles. The van der Waals surface area contributed by atoms with E-state index in [-0.39, 0.29) is 5.91 Å². The van der Waals surface area contributed by atoms with Gasteiger partial charge in [-0.05, 0) is 67.1 Å². The molecular weight excluding hydrogens is 322 g/mol. The first kappa shape index (κ1) is 15.8. The zero-order chi connectivity index (χ0) is 16.4. The largest absolute Gasteiger partial charge is 0.447 e. The monoisotopic (exact) mass is 345 g/mol. The first-order chi connectivity index (χ1) is 11.8. The zero-order valence-corrected chi connectivity index (χ0v) is 14.6. The van der Waals surface area contributed by atoms with Gasteiger partial charge < -0.3 is 14.6 Å². The normalized spacial score (nSPS) is 20.4. The third-order valence-corrected chi connectivity index (χ3v) is 6.01. The van der Waals surface area contributed by atoms with Crippen molar-refractivity contribution in [1.82, 2.24) is 15.2 Å². The van der Waals surface area contributed by atoms with Gasteiger partial charge in [0.15, 0.2) is 12.1 Å². The first-order valence-corrected chi connectivity index (χ1v) is 9.72. The SMILES string of the molecule is O=C(c1ncoc1C1CCNCC1)N1CCC(c2ccsc2)CC1. The van der Waals surface area contributed by atoms with Crippen LogP contribution in [0.1, 0.15) is 59.3 Å². The van der Waals surface area contributed by atoms with Gasteiger partial charge in [-0.25, -0.2) is 4.98 Å². The number of piperidine rings is 2. The number of oxazole rings is 1. The number of nitrogens with one attached hydrogen (secondary N) is 1. The van der Waals surface area contributed by atoms with E-state index in [0.29, 0.717) is 17.5 Å². The summed E-state index contributed by atoms with van der Waals surface area (Å²) in [5.41, 5.74) is 1.96. The minimum Gasteiger partial charge on any atom is -0.447 e. The molecule has 6 heteroatoms. The van der Waals surface area contributed by atoms with E-state index in [1.54, 1.807) is 11.3 Å². The van der Waals surface area contributed by atoms with Crippen molar-refractivity contribution >= 4 is 17.2 Å². The Labute approximate surface area is 146 Å². The highest BCUT2D eigenvalue weighted by atomic mass is 32.1. The lowest BCUT2D eigenvalue weighted by atomic mass is 9.90. The smallest absolute Gasteiger partial charge is 0.276 e. The van der Waals surface area contributed by atoms with Crippen LogP contribution in [0.5, 0.6) is 0 Å². The Morgan fingerprint density at radius 1 is 1.21 bits per heavy atom. The second kappa shape index (κ2) is 7.07. The fourth-order valence-corrected chi connectivity index (χ4v) is 4.60. The Morgan fingerprint density at radius 3 is 2.71 bits per heavy atom. The summed E-state index contributed by atoms with van der Waals surface area (Å²) in [6.45, 7) is 3.56. The molecule has 0 atom stereocenters. The molecule has 5 nitrogen and oxygen atoms in total. The molecule has 2 saturated heterocycles. The number of hydrogen-bond donors (Lipinski definition) is 1. The quantitative estimate of drug-likeness (QED) is 0.928. The highest BCUT2D eigenvalue weighted by molar-refractivity contribution is 7.07. The molecule has 4 heterocycles. The van der Waals surface area contributed by atoms with Crippen molar-refractivity contribution in [3.63, 3.8) is 0 Å². The molecule has 0 aliphatic carbocycles. The van der Waals surface area contributed by atoms with Crippen LogP contribution in [-0.2, 0) is 0 Å². The van der Waals surface area contributed by atoms with Gasteiger partial charge in [-0.1, -0.05) is 0 Å². The first-order valence-electron chi connectivity index (χ1n) is 8.78. The van der Waals surface area contributed by atoms with Crippen molar-refractivity contribution in [2.24, 2.45) is 0 Å². The van der Waals surface area contributed by atoms with Gasteiger partial charge in [0.2, 0.25) is 0 Å². The van der Waals surface area contributed by atoms with E-state index >= 15 is 0 Å². The fourth-order valence-electron chi connectivity index (χ4n) is 3.86. The van der Waals surface area contributed by atoms with Gasteiger partial charge in [0.1, 0.15) is 5.76 Å². The van der Waals surface area contributed by atoms with E-state index in [1.807, 2.05) is 4.90 Å². The molecular formula is C18H23N3O2S. The Balaban J connectivity index is 1.43. The number of amides is 1. The second-order valence-electron chi connectivity index (χ2n) is 6.71. The lowest BCUT2D eigenvalue weighted by Crippen LogP contribution is -2.38. The van der Waals surface area contributed by atoms with Crippen molar-refractivity contribution in [2.75, 3.05) is 26.2 Å². The van der Waals surface area contributed by atoms with Gasteiger partial charge in [0.05, 0.1) is 0 Å². The van der Waals surface area contributed by atoms with Crippen LogP contribution in [0, 0.1) is 0 Å². The van der Waals surface area contributed by atoms with Crippen LogP contribution in [-0.4, -0.2) is 42.0 Å². The van der Waals surface area contributed by atoms with Crippen molar-refractivity contribution in [2.45, 2.75) is 37.5 Å². The second-order valence-corrected chi connectivity index (χ2v) is 7.49. The minimum absolute atomic E-state index is 0.0426. The number of hydrogen-bond acceptors (Lipinski definition) is 5. The van der Waals surface area contributed by atoms with E-state index in [2.05, 4.69) is 27.1 Å². The molecule has 1 amide bonds. The van der Waals surface area contributed by atoms with E-state index in [1.165, 1.54) is 12.0 Å². The number of likely N-dealkylation sites (tertiary alicyclic amines) is 1. The maximum Gasteiger partial charge on any atom is 0.276 e. The summed E-state index contributed by atoms with van der Waals surface area (Å²) in [6, 6.07) is 2.21. The maximum atomic E-state index is 12.9. The highest BCUT2D eigenvalue weighted by Gasteiger charge is 2.31.